The molecule has 0 unspecified atom stereocenters. The molecule has 0 spiro atoms. The zero-order valence-electron chi connectivity index (χ0n) is 68.6. The van der Waals surface area contributed by atoms with Crippen LogP contribution in [0.1, 0.15) is 97.8 Å². The van der Waals surface area contributed by atoms with Crippen molar-refractivity contribution in [3.63, 3.8) is 0 Å². The number of amides is 3. The fourth-order valence-corrected chi connectivity index (χ4v) is 13.4. The molecule has 20 N–H and O–H groups in total. The van der Waals surface area contributed by atoms with Crippen LogP contribution in [0.4, 0.5) is 0 Å². The SMILES string of the molecule is COc1ccc(C(=O)NCc2ccc(C[C@H](N)C(=O)O)cc2)cc1.COc1ccc(S(=O)(=O)NCc2ccc(C[C@H](N)C(=O)O)cc2)cc1.Cc1ccc(C(=O)NCc2ccc(C[C@H](N)C(=O)O)cc2)cc1.Cc1ccc(S(=O)(=O)NCc2ccc(C[C@H](N)C(=O)O)cc2)cc1.N[C@@H](Cc1ccc(CNC(=O)c2ccc(-c3ccccc3)cc2)cc1)C(=O)O. The van der Waals surface area contributed by atoms with E-state index in [4.69, 9.17) is 63.7 Å². The van der Waals surface area contributed by atoms with Gasteiger partial charge in [0, 0.05) is 49.4 Å². The number of benzene rings is 11. The lowest BCUT2D eigenvalue weighted by Crippen LogP contribution is -2.32. The first-order valence-electron chi connectivity index (χ1n) is 38.8. The van der Waals surface area contributed by atoms with Gasteiger partial charge in [-0.25, -0.2) is 26.3 Å². The number of carbonyl (C=O) groups excluding carboxylic acids is 3. The number of rotatable bonds is 35. The number of carboxylic acids is 5. The fraction of sp³-hybridized carbons (Fsp3) is 0.204. The van der Waals surface area contributed by atoms with Gasteiger partial charge in [-0.15, -0.1) is 0 Å². The number of sulfonamides is 2. The highest BCUT2D eigenvalue weighted by Gasteiger charge is 2.20. The largest absolute Gasteiger partial charge is 0.497 e. The molecule has 0 fully saturated rings. The van der Waals surface area contributed by atoms with Crippen LogP contribution in [0, 0.1) is 13.8 Å². The minimum absolute atomic E-state index is 0.123. The Hall–Kier alpha value is -13.6. The van der Waals surface area contributed by atoms with Crippen LogP contribution in [0.5, 0.6) is 11.5 Å². The highest BCUT2D eigenvalue weighted by Crippen LogP contribution is 2.22. The Labute approximate surface area is 719 Å². The second-order valence-electron chi connectivity index (χ2n) is 28.6. The van der Waals surface area contributed by atoms with Crippen molar-refractivity contribution in [1.82, 2.24) is 25.4 Å². The van der Waals surface area contributed by atoms with Crippen molar-refractivity contribution in [2.24, 2.45) is 28.7 Å². The minimum Gasteiger partial charge on any atom is -0.497 e. The average molecular weight is 1730 g/mol. The maximum Gasteiger partial charge on any atom is 0.320 e. The van der Waals surface area contributed by atoms with Gasteiger partial charge in [0.2, 0.25) is 20.0 Å². The van der Waals surface area contributed by atoms with Gasteiger partial charge < -0.3 is 79.6 Å². The van der Waals surface area contributed by atoms with Crippen molar-refractivity contribution >= 4 is 67.6 Å². The number of aliphatic carboxylic acids is 5. The Morgan fingerprint density at radius 1 is 0.282 bits per heavy atom. The maximum absolute atomic E-state index is 12.4. The third-order valence-corrected chi connectivity index (χ3v) is 21.7. The first-order chi connectivity index (χ1) is 59.1. The van der Waals surface area contributed by atoms with E-state index in [2.05, 4.69) is 25.4 Å². The molecule has 0 aliphatic rings. The third kappa shape index (κ3) is 33.4. The van der Waals surface area contributed by atoms with Crippen LogP contribution in [0.2, 0.25) is 0 Å². The molecule has 11 rings (SSSR count). The Bertz CT molecular complexity index is 5530. The van der Waals surface area contributed by atoms with Crippen molar-refractivity contribution in [3.05, 3.63) is 356 Å². The molecule has 5 atom stereocenters. The number of aryl methyl sites for hydroxylation is 2. The van der Waals surface area contributed by atoms with Crippen LogP contribution in [0.25, 0.3) is 11.1 Å². The number of carboxylic acid groups (broad SMARTS) is 5. The molecule has 29 nitrogen and oxygen atoms in total. The monoisotopic (exact) mass is 1730 g/mol. The van der Waals surface area contributed by atoms with Gasteiger partial charge in [-0.05, 0) is 198 Å². The average Bonchev–Trinajstić information content (AvgIpc) is 0.841. The van der Waals surface area contributed by atoms with Crippen LogP contribution in [0.15, 0.2) is 283 Å². The molecule has 650 valence electrons. The van der Waals surface area contributed by atoms with Crippen LogP contribution in [-0.4, -0.2) is 134 Å². The Morgan fingerprint density at radius 2 is 0.492 bits per heavy atom. The summed E-state index contributed by atoms with van der Waals surface area (Å²) in [4.78, 5) is 90.6. The smallest absolute Gasteiger partial charge is 0.320 e. The van der Waals surface area contributed by atoms with E-state index in [1.54, 1.807) is 128 Å². The summed E-state index contributed by atoms with van der Waals surface area (Å²) in [6.07, 6.45) is 1.27. The Morgan fingerprint density at radius 3 is 0.750 bits per heavy atom. The lowest BCUT2D eigenvalue weighted by molar-refractivity contribution is -0.139. The Balaban J connectivity index is 0.000000213. The third-order valence-electron chi connectivity index (χ3n) is 18.9. The lowest BCUT2D eigenvalue weighted by atomic mass is 10.0. The summed E-state index contributed by atoms with van der Waals surface area (Å²) in [5.41, 5.74) is 42.0. The van der Waals surface area contributed by atoms with Gasteiger partial charge in [0.05, 0.1) is 24.0 Å². The number of hydrogen-bond donors (Lipinski definition) is 15. The molecular formula is C93H102N10O19S2. The van der Waals surface area contributed by atoms with Crippen LogP contribution < -0.4 is 63.5 Å². The number of methoxy groups -OCH3 is 2. The van der Waals surface area contributed by atoms with Gasteiger partial charge >= 0.3 is 29.8 Å². The van der Waals surface area contributed by atoms with E-state index >= 15 is 0 Å². The fourth-order valence-electron chi connectivity index (χ4n) is 11.4. The van der Waals surface area contributed by atoms with Gasteiger partial charge in [0.25, 0.3) is 17.7 Å². The summed E-state index contributed by atoms with van der Waals surface area (Å²) < 4.78 is 64.1. The van der Waals surface area contributed by atoms with Crippen molar-refractivity contribution in [2.45, 2.75) is 119 Å². The molecule has 0 saturated carbocycles. The van der Waals surface area contributed by atoms with E-state index in [-0.39, 0.29) is 72.7 Å². The van der Waals surface area contributed by atoms with Crippen molar-refractivity contribution in [2.75, 3.05) is 14.2 Å². The molecular weight excluding hydrogens is 1630 g/mol. The van der Waals surface area contributed by atoms with Gasteiger partial charge in [0.1, 0.15) is 41.7 Å². The summed E-state index contributed by atoms with van der Waals surface area (Å²) in [6, 6.07) is 75.9. The summed E-state index contributed by atoms with van der Waals surface area (Å²) in [5, 5.41) is 52.6. The van der Waals surface area contributed by atoms with Gasteiger partial charge in [-0.3, -0.25) is 38.4 Å². The second-order valence-corrected chi connectivity index (χ2v) is 32.1. The zero-order valence-corrected chi connectivity index (χ0v) is 70.2. The summed E-state index contributed by atoms with van der Waals surface area (Å²) in [6.45, 7) is 5.33. The van der Waals surface area contributed by atoms with Gasteiger partial charge in [0.15, 0.2) is 0 Å². The van der Waals surface area contributed by atoms with E-state index in [1.807, 2.05) is 153 Å². The molecule has 11 aromatic rings. The molecule has 0 heterocycles. The molecule has 0 radical (unpaired) electrons. The Kier molecular flexibility index (Phi) is 38.3. The number of nitrogens with one attached hydrogen (secondary N) is 5. The summed E-state index contributed by atoms with van der Waals surface area (Å²) in [5.74, 6) is -4.33. The van der Waals surface area contributed by atoms with Crippen LogP contribution >= 0.6 is 0 Å². The van der Waals surface area contributed by atoms with Crippen LogP contribution in [-0.2, 0) is 109 Å². The van der Waals surface area contributed by atoms with E-state index in [1.165, 1.54) is 19.2 Å². The van der Waals surface area contributed by atoms with E-state index < -0.39 is 80.1 Å². The molecule has 0 bridgehead atoms. The maximum atomic E-state index is 12.4. The highest BCUT2D eigenvalue weighted by atomic mass is 32.2. The van der Waals surface area contributed by atoms with E-state index in [0.717, 1.165) is 77.9 Å². The number of nitrogens with two attached hydrogens (primary N) is 5. The predicted molar refractivity (Wildman–Crippen MR) is 471 cm³/mol. The molecule has 31 heteroatoms. The van der Waals surface area contributed by atoms with Crippen molar-refractivity contribution in [1.29, 1.82) is 0 Å². The number of hydrogen-bond acceptors (Lipinski definition) is 19. The van der Waals surface area contributed by atoms with Gasteiger partial charge in [-0.1, -0.05) is 199 Å². The summed E-state index contributed by atoms with van der Waals surface area (Å²) >= 11 is 0. The molecule has 0 aromatic heterocycles. The van der Waals surface area contributed by atoms with Crippen molar-refractivity contribution < 1.29 is 90.2 Å². The normalized spacial score (nSPS) is 12.0. The molecule has 3 amide bonds. The topological polar surface area (TPSA) is 515 Å². The minimum atomic E-state index is -3.63. The molecule has 0 saturated heterocycles. The lowest BCUT2D eigenvalue weighted by Gasteiger charge is -2.09. The second kappa shape index (κ2) is 48.7. The first kappa shape index (κ1) is 97.5. The molecule has 124 heavy (non-hydrogen) atoms. The molecule has 11 aromatic carbocycles. The van der Waals surface area contributed by atoms with Crippen molar-refractivity contribution in [3.8, 4) is 22.6 Å². The predicted octanol–water partition coefficient (Wildman–Crippen LogP) is 9.25. The van der Waals surface area contributed by atoms with Crippen LogP contribution in [0.3, 0.4) is 0 Å². The standard InChI is InChI=1S/C23H22N2O3.C18H20N2O4.C18H20N2O3.C17H20N2O5S.C17H20N2O4S/c24-21(23(27)28)14-16-6-8-17(9-7-16)15-25-22(26)20-12-10-19(11-13-20)18-4-2-1-3-5-18;1-24-15-8-6-14(7-9-15)17(21)20-11-13-4-2-12(3-5-13)10-16(19)18(22)23;1-12-2-8-15(9-3-12)17(21)20-11-14-6-4-13(5-7-14)10-16(19)18(22)23;1-24-14-6-8-15(9-7-14)25(22,23)19-11-13-4-2-12(3-5-13)10-16(18)17(20)21;1-12-2-8-15(9-3-12)24(22,23)19-11-14-6-4-13(5-7-14)10-16(18)17(20)21/h1-13,21H,14-15,24H2,(H,25,26)(H,27,28);2-9,16H,10-11,19H2,1H3,(H,20,21)(H,22,23);2-9,16H,10-11,19H2,1H3,(H,20,21)(H,22,23);2-9,16,19H,10-11,18H2,1H3,(H,20,21);2-9,16,19H,10-11,18H2,1H3,(H,20,21)/t21-;4*16-/m00000/s1. The molecule has 0 aliphatic carbocycles. The van der Waals surface area contributed by atoms with Gasteiger partial charge in [-0.2, -0.15) is 0 Å². The quantitative estimate of drug-likeness (QED) is 0.0176. The first-order valence-corrected chi connectivity index (χ1v) is 41.8. The highest BCUT2D eigenvalue weighted by molar-refractivity contribution is 7.89. The number of ether oxygens (including phenoxy) is 2. The summed E-state index contributed by atoms with van der Waals surface area (Å²) in [7, 11) is -4.11. The zero-order chi connectivity index (χ0) is 90.5. The molecule has 0 aliphatic heterocycles. The number of carbonyl (C=O) groups is 8. The van der Waals surface area contributed by atoms with E-state index in [0.29, 0.717) is 47.8 Å². The van der Waals surface area contributed by atoms with E-state index in [9.17, 15) is 55.2 Å².